The molecule has 0 saturated heterocycles. The molecule has 0 saturated carbocycles. The maximum Gasteiger partial charge on any atom is 0.252 e. The van der Waals surface area contributed by atoms with E-state index in [-0.39, 0.29) is 28.4 Å². The summed E-state index contributed by atoms with van der Waals surface area (Å²) in [5.41, 5.74) is 30.3. The number of nitrogens with zero attached hydrogens (tertiary/aromatic N) is 7. The number of hydrogen-bond acceptors (Lipinski definition) is 5. The second-order valence-electron chi connectivity index (χ2n) is 32.9. The maximum atomic E-state index is 8.44. The number of fused-ring (bicyclic) bond motifs is 7. The van der Waals surface area contributed by atoms with Crippen LogP contribution in [-0.4, -0.2) is 26.2 Å². The molecule has 0 bridgehead atoms. The second-order valence-corrected chi connectivity index (χ2v) is 32.9. The van der Waals surface area contributed by atoms with E-state index in [9.17, 15) is 0 Å². The summed E-state index contributed by atoms with van der Waals surface area (Å²) in [5, 5.41) is 2.16. The van der Waals surface area contributed by atoms with Gasteiger partial charge in [-0.2, -0.15) is 0 Å². The van der Waals surface area contributed by atoms with E-state index in [1.54, 1.807) is 0 Å². The fourth-order valence-corrected chi connectivity index (χ4v) is 15.7. The van der Waals surface area contributed by atoms with Gasteiger partial charge in [-0.3, -0.25) is 0 Å². The first kappa shape index (κ1) is 67.0. The minimum atomic E-state index is -0.149. The number of para-hydroxylation sites is 2. The molecule has 0 unspecified atom stereocenters. The predicted octanol–water partition coefficient (Wildman–Crippen LogP) is 24.5. The first-order valence-corrected chi connectivity index (χ1v) is 37.0. The minimum Gasteiger partial charge on any atom is -0.311 e. The van der Waals surface area contributed by atoms with Crippen LogP contribution in [0.2, 0.25) is 0 Å². The molecule has 2 aliphatic rings. The quantitative estimate of drug-likeness (QED) is 0.101. The number of benzene rings is 13. The third-order valence-electron chi connectivity index (χ3n) is 21.6. The van der Waals surface area contributed by atoms with Gasteiger partial charge in [0.2, 0.25) is 0 Å². The molecule has 0 fully saturated rings. The van der Waals surface area contributed by atoms with Gasteiger partial charge in [-0.1, -0.05) is 295 Å². The molecule has 106 heavy (non-hydrogen) atoms. The largest absolute Gasteiger partial charge is 0.311 e. The van der Waals surface area contributed by atoms with Gasteiger partial charge in [-0.25, -0.2) is 19.8 Å². The average Bonchev–Trinajstić information content (AvgIpc) is 0.791. The Labute approximate surface area is 624 Å². The summed E-state index contributed by atoms with van der Waals surface area (Å²) in [6.45, 7) is 36.2. The van der Waals surface area contributed by atoms with E-state index < -0.39 is 0 Å². The fraction of sp³-hybridized carbons (Fsp3) is 0.163. The van der Waals surface area contributed by atoms with Crippen molar-refractivity contribution in [3.8, 4) is 84.4 Å². The molecule has 15 aromatic rings. The number of anilines is 6. The molecule has 0 atom stereocenters. The molecule has 0 radical (unpaired) electrons. The molecule has 7 nitrogen and oxygen atoms in total. The van der Waals surface area contributed by atoms with Gasteiger partial charge in [0.15, 0.2) is 23.2 Å². The summed E-state index contributed by atoms with van der Waals surface area (Å²) in [4.78, 5) is 24.9. The normalized spacial score (nSPS) is 12.8. The van der Waals surface area contributed by atoms with Gasteiger partial charge in [0, 0.05) is 61.6 Å². The Kier molecular flexibility index (Phi) is 16.2. The lowest BCUT2D eigenvalue weighted by Crippen LogP contribution is -2.61. The number of hydrogen-bond donors (Lipinski definition) is 0. The third-order valence-corrected chi connectivity index (χ3v) is 21.6. The molecule has 4 heterocycles. The Balaban J connectivity index is 0.938. The van der Waals surface area contributed by atoms with E-state index >= 15 is 0 Å². The van der Waals surface area contributed by atoms with Crippen molar-refractivity contribution in [1.82, 2.24) is 19.5 Å². The zero-order chi connectivity index (χ0) is 73.1. The van der Waals surface area contributed by atoms with Crippen molar-refractivity contribution in [3.05, 3.63) is 325 Å². The van der Waals surface area contributed by atoms with E-state index in [4.69, 9.17) is 21.5 Å². The van der Waals surface area contributed by atoms with Gasteiger partial charge in [-0.15, -0.1) is 0 Å². The molecule has 514 valence electrons. The minimum absolute atomic E-state index is 0.0737. The van der Waals surface area contributed by atoms with Crippen LogP contribution in [0.1, 0.15) is 105 Å². The van der Waals surface area contributed by atoms with Gasteiger partial charge >= 0.3 is 0 Å². The van der Waals surface area contributed by atoms with Crippen LogP contribution >= 0.6 is 0 Å². The zero-order valence-electron chi connectivity index (χ0n) is 62.4. The number of aromatic nitrogens is 4. The Morgan fingerprint density at radius 2 is 0.679 bits per heavy atom. The van der Waals surface area contributed by atoms with Gasteiger partial charge in [0.1, 0.15) is 0 Å². The van der Waals surface area contributed by atoms with Crippen molar-refractivity contribution in [2.75, 3.05) is 9.80 Å². The van der Waals surface area contributed by atoms with Crippen LogP contribution in [0, 0.1) is 6.57 Å². The summed E-state index contributed by atoms with van der Waals surface area (Å²) in [6.07, 6.45) is 0. The van der Waals surface area contributed by atoms with Crippen molar-refractivity contribution in [2.45, 2.75) is 105 Å². The van der Waals surface area contributed by atoms with Crippen molar-refractivity contribution in [3.63, 3.8) is 0 Å². The highest BCUT2D eigenvalue weighted by molar-refractivity contribution is 7.00. The summed E-state index contributed by atoms with van der Waals surface area (Å²) in [7, 11) is 0. The Morgan fingerprint density at radius 3 is 1.13 bits per heavy atom. The lowest BCUT2D eigenvalue weighted by molar-refractivity contribution is 0.568. The van der Waals surface area contributed by atoms with Crippen LogP contribution in [0.15, 0.2) is 291 Å². The van der Waals surface area contributed by atoms with Gasteiger partial charge in [-0.05, 0) is 184 Å². The van der Waals surface area contributed by atoms with Crippen LogP contribution in [-0.2, 0) is 21.7 Å². The molecule has 0 amide bonds. The van der Waals surface area contributed by atoms with Gasteiger partial charge < -0.3 is 14.4 Å². The molecule has 0 N–H and O–H groups in total. The predicted molar refractivity (Wildman–Crippen MR) is 447 cm³/mol. The van der Waals surface area contributed by atoms with E-state index in [2.05, 4.69) is 321 Å². The number of rotatable bonds is 10. The van der Waals surface area contributed by atoms with E-state index in [0.29, 0.717) is 28.7 Å². The molecular formula is C98H84BN7. The zero-order valence-corrected chi connectivity index (χ0v) is 62.4. The molecule has 17 rings (SSSR count). The molecule has 2 aromatic heterocycles. The summed E-state index contributed by atoms with van der Waals surface area (Å²) >= 11 is 0. The lowest BCUT2D eigenvalue weighted by Gasteiger charge is -2.44. The Bertz CT molecular complexity index is 5690. The van der Waals surface area contributed by atoms with Crippen molar-refractivity contribution in [1.29, 1.82) is 0 Å². The van der Waals surface area contributed by atoms with Crippen LogP contribution in [0.25, 0.3) is 111 Å². The molecule has 0 aliphatic carbocycles. The standard InChI is InChI=1S/C98H84BN7/c1-95(2,3)72-49-69(50-73(59-72)96(4,5)6)67-40-45-82-87(55-67)104(77-35-25-17-26-36-77)89-57-71(58-90-91(89)99(82)83-46-41-68(56-88(83)105(90)78-37-27-18-28-38-78)70-51-74(97(7,8)9)60-75(52-70)98(10,11)12)65-42-47-84-80(53-65)79-44-39-66(62-29-19-14-20-30-62)54-86(79)106(84)85-48-43-76(100-13)61-81(85)94-102-92(63-31-21-15-22-32-63)101-93(103-94)64-33-23-16-24-34-64/h14-61H,1-12H3. The van der Waals surface area contributed by atoms with Crippen LogP contribution in [0.3, 0.4) is 0 Å². The highest BCUT2D eigenvalue weighted by Crippen LogP contribution is 2.50. The van der Waals surface area contributed by atoms with E-state index in [1.165, 1.54) is 60.9 Å². The third kappa shape index (κ3) is 12.0. The fourth-order valence-electron chi connectivity index (χ4n) is 15.7. The monoisotopic (exact) mass is 1370 g/mol. The van der Waals surface area contributed by atoms with Gasteiger partial charge in [0.25, 0.3) is 6.71 Å². The van der Waals surface area contributed by atoms with Crippen molar-refractivity contribution >= 4 is 84.7 Å². The second kappa shape index (κ2) is 25.6. The van der Waals surface area contributed by atoms with E-state index in [1.807, 2.05) is 72.8 Å². The van der Waals surface area contributed by atoms with Crippen molar-refractivity contribution in [2.24, 2.45) is 0 Å². The average molecular weight is 1370 g/mol. The Hall–Kier alpha value is -12.2. The van der Waals surface area contributed by atoms with Crippen molar-refractivity contribution < 1.29 is 0 Å². The Morgan fingerprint density at radius 1 is 0.292 bits per heavy atom. The lowest BCUT2D eigenvalue weighted by atomic mass is 9.33. The SMILES string of the molecule is [C-]#[N+]c1ccc(-n2c3ccc(-c4cc5c6c(c4)N(c4ccccc4)c4cc(-c7cc(C(C)(C)C)cc(C(C)(C)C)c7)ccc4B6c4ccc(-c6cc(C(C)(C)C)cc(C(C)(C)C)c6)cc4N5c4ccccc4)cc3c3ccc(-c4ccccc4)cc32)c(-c2nc(-c3ccccc3)nc(-c3ccccc3)n2)c1. The van der Waals surface area contributed by atoms with Crippen LogP contribution in [0.5, 0.6) is 0 Å². The maximum absolute atomic E-state index is 8.44. The smallest absolute Gasteiger partial charge is 0.252 e. The van der Waals surface area contributed by atoms with Gasteiger partial charge in [0.05, 0.1) is 23.3 Å². The van der Waals surface area contributed by atoms with Crippen LogP contribution in [0.4, 0.5) is 39.8 Å². The van der Waals surface area contributed by atoms with Crippen LogP contribution < -0.4 is 26.2 Å². The molecule has 13 aromatic carbocycles. The first-order chi connectivity index (χ1) is 51.0. The highest BCUT2D eigenvalue weighted by Gasteiger charge is 2.44. The summed E-state index contributed by atoms with van der Waals surface area (Å²) in [5.74, 6) is 1.56. The topological polar surface area (TPSA) is 54.4 Å². The molecule has 8 heteroatoms. The first-order valence-electron chi connectivity index (χ1n) is 37.0. The highest BCUT2D eigenvalue weighted by atomic mass is 15.2. The summed E-state index contributed by atoms with van der Waals surface area (Å²) < 4.78 is 2.36. The summed E-state index contributed by atoms with van der Waals surface area (Å²) in [6, 6.07) is 107. The van der Waals surface area contributed by atoms with E-state index in [0.717, 1.165) is 95.0 Å². The molecule has 0 spiro atoms. The molecular weight excluding hydrogens is 1290 g/mol. The molecule has 2 aliphatic heterocycles.